The van der Waals surface area contributed by atoms with E-state index in [9.17, 15) is 9.59 Å². The van der Waals surface area contributed by atoms with Crippen molar-refractivity contribution < 1.29 is 9.90 Å². The molecule has 1 N–H and O–H groups in total. The summed E-state index contributed by atoms with van der Waals surface area (Å²) in [5.74, 6) is -0.668. The molecular formula is C9H9N5O3. The summed E-state index contributed by atoms with van der Waals surface area (Å²) >= 11 is 0. The summed E-state index contributed by atoms with van der Waals surface area (Å²) in [6.07, 6.45) is 1.35. The second kappa shape index (κ2) is 4.16. The molecule has 2 aromatic rings. The van der Waals surface area contributed by atoms with Crippen LogP contribution in [0.15, 0.2) is 23.3 Å². The van der Waals surface area contributed by atoms with Gasteiger partial charge in [-0.3, -0.25) is 9.48 Å². The van der Waals surface area contributed by atoms with Gasteiger partial charge in [-0.2, -0.15) is 10.2 Å². The number of aryl methyl sites for hydroxylation is 1. The summed E-state index contributed by atoms with van der Waals surface area (Å²) in [7, 11) is 1.68. The Balaban J connectivity index is 2.39. The molecule has 0 aliphatic rings. The Morgan fingerprint density at radius 1 is 1.47 bits per heavy atom. The van der Waals surface area contributed by atoms with Gasteiger partial charge in [-0.25, -0.2) is 14.5 Å². The molecule has 0 saturated carbocycles. The van der Waals surface area contributed by atoms with Crippen LogP contribution in [0.1, 0.15) is 16.3 Å². The van der Waals surface area contributed by atoms with Crippen LogP contribution in [0.5, 0.6) is 0 Å². The van der Waals surface area contributed by atoms with E-state index in [4.69, 9.17) is 5.11 Å². The fourth-order valence-electron chi connectivity index (χ4n) is 1.27. The van der Waals surface area contributed by atoms with Gasteiger partial charge >= 0.3 is 5.97 Å². The maximum Gasteiger partial charge on any atom is 0.356 e. The molecule has 2 heterocycles. The van der Waals surface area contributed by atoms with Crippen molar-refractivity contribution in [2.45, 2.75) is 6.54 Å². The number of hydrogen-bond donors (Lipinski definition) is 1. The molecule has 2 rings (SSSR count). The first-order valence-corrected chi connectivity index (χ1v) is 4.72. The van der Waals surface area contributed by atoms with Gasteiger partial charge in [0.05, 0.1) is 0 Å². The lowest BCUT2D eigenvalue weighted by molar-refractivity contribution is 0.0687. The van der Waals surface area contributed by atoms with Crippen LogP contribution in [-0.4, -0.2) is 35.6 Å². The molecule has 0 radical (unpaired) electrons. The molecule has 0 aliphatic heterocycles. The summed E-state index contributed by atoms with van der Waals surface area (Å²) in [6, 6.07) is 2.32. The first-order chi connectivity index (χ1) is 8.08. The van der Waals surface area contributed by atoms with Crippen molar-refractivity contribution in [3.8, 4) is 0 Å². The summed E-state index contributed by atoms with van der Waals surface area (Å²) in [5.41, 5.74) is -0.579. The maximum atomic E-state index is 11.5. The molecule has 2 aromatic heterocycles. The Kier molecular flexibility index (Phi) is 2.69. The number of rotatable bonds is 3. The highest BCUT2D eigenvalue weighted by molar-refractivity contribution is 5.84. The Morgan fingerprint density at radius 3 is 2.82 bits per heavy atom. The summed E-state index contributed by atoms with van der Waals surface area (Å²) in [5, 5.41) is 16.3. The van der Waals surface area contributed by atoms with Gasteiger partial charge in [0.1, 0.15) is 18.7 Å². The van der Waals surface area contributed by atoms with Gasteiger partial charge < -0.3 is 5.11 Å². The zero-order valence-corrected chi connectivity index (χ0v) is 8.94. The van der Waals surface area contributed by atoms with E-state index in [2.05, 4.69) is 15.2 Å². The summed E-state index contributed by atoms with van der Waals surface area (Å²) in [6.45, 7) is 0.0798. The second-order valence-corrected chi connectivity index (χ2v) is 3.32. The van der Waals surface area contributed by atoms with E-state index >= 15 is 0 Å². The van der Waals surface area contributed by atoms with Crippen LogP contribution in [0.4, 0.5) is 0 Å². The molecule has 0 aliphatic carbocycles. The second-order valence-electron chi connectivity index (χ2n) is 3.32. The molecule has 0 amide bonds. The monoisotopic (exact) mass is 235 g/mol. The smallest absolute Gasteiger partial charge is 0.356 e. The SMILES string of the molecule is Cn1ncnc1Cn1nc(C(=O)O)ccc1=O. The van der Waals surface area contributed by atoms with E-state index in [1.807, 2.05) is 0 Å². The van der Waals surface area contributed by atoms with Crippen LogP contribution >= 0.6 is 0 Å². The fraction of sp³-hybridized carbons (Fsp3) is 0.222. The fourth-order valence-corrected chi connectivity index (χ4v) is 1.27. The van der Waals surface area contributed by atoms with E-state index in [-0.39, 0.29) is 12.2 Å². The molecule has 8 nitrogen and oxygen atoms in total. The summed E-state index contributed by atoms with van der Waals surface area (Å²) < 4.78 is 2.52. The first-order valence-electron chi connectivity index (χ1n) is 4.72. The number of carboxylic acid groups (broad SMARTS) is 1. The third-order valence-electron chi connectivity index (χ3n) is 2.18. The number of carboxylic acids is 1. The molecule has 0 bridgehead atoms. The minimum atomic E-state index is -1.18. The van der Waals surface area contributed by atoms with Crippen molar-refractivity contribution in [2.75, 3.05) is 0 Å². The highest BCUT2D eigenvalue weighted by atomic mass is 16.4. The lowest BCUT2D eigenvalue weighted by atomic mass is 10.4. The molecular weight excluding hydrogens is 226 g/mol. The largest absolute Gasteiger partial charge is 0.476 e. The van der Waals surface area contributed by atoms with Gasteiger partial charge in [-0.15, -0.1) is 0 Å². The molecule has 0 unspecified atom stereocenters. The molecule has 0 spiro atoms. The number of carbonyl (C=O) groups is 1. The van der Waals surface area contributed by atoms with Crippen LogP contribution in [0.25, 0.3) is 0 Å². The minimum absolute atomic E-state index is 0.0798. The highest BCUT2D eigenvalue weighted by Gasteiger charge is 2.09. The molecule has 8 heteroatoms. The minimum Gasteiger partial charge on any atom is -0.476 e. The predicted octanol–water partition coefficient (Wildman–Crippen LogP) is -0.882. The Bertz CT molecular complexity index is 615. The third kappa shape index (κ3) is 2.19. The van der Waals surface area contributed by atoms with Crippen LogP contribution in [0.2, 0.25) is 0 Å². The molecule has 0 aromatic carbocycles. The number of hydrogen-bond acceptors (Lipinski definition) is 5. The van der Waals surface area contributed by atoms with Crippen molar-refractivity contribution in [1.29, 1.82) is 0 Å². The van der Waals surface area contributed by atoms with Crippen LogP contribution < -0.4 is 5.56 Å². The average molecular weight is 235 g/mol. The van der Waals surface area contributed by atoms with E-state index in [1.54, 1.807) is 7.05 Å². The molecule has 88 valence electrons. The molecule has 17 heavy (non-hydrogen) atoms. The zero-order valence-electron chi connectivity index (χ0n) is 8.94. The lowest BCUT2D eigenvalue weighted by Crippen LogP contribution is -2.26. The molecule has 0 saturated heterocycles. The summed E-state index contributed by atoms with van der Waals surface area (Å²) in [4.78, 5) is 26.1. The average Bonchev–Trinajstić information content (AvgIpc) is 2.67. The van der Waals surface area contributed by atoms with Gasteiger partial charge in [0, 0.05) is 13.1 Å². The number of nitrogens with zero attached hydrogens (tertiary/aromatic N) is 5. The van der Waals surface area contributed by atoms with Crippen molar-refractivity contribution >= 4 is 5.97 Å². The van der Waals surface area contributed by atoms with E-state index < -0.39 is 11.5 Å². The molecule has 0 atom stereocenters. The van der Waals surface area contributed by atoms with E-state index in [0.717, 1.165) is 16.8 Å². The van der Waals surface area contributed by atoms with Crippen molar-refractivity contribution in [1.82, 2.24) is 24.5 Å². The number of aromatic nitrogens is 5. The third-order valence-corrected chi connectivity index (χ3v) is 2.18. The van der Waals surface area contributed by atoms with Gasteiger partial charge in [-0.1, -0.05) is 0 Å². The van der Waals surface area contributed by atoms with Crippen LogP contribution in [0, 0.1) is 0 Å². The van der Waals surface area contributed by atoms with Crippen molar-refractivity contribution in [2.24, 2.45) is 7.05 Å². The van der Waals surface area contributed by atoms with Crippen molar-refractivity contribution in [3.63, 3.8) is 0 Å². The highest BCUT2D eigenvalue weighted by Crippen LogP contribution is 1.95. The number of aromatic carboxylic acids is 1. The van der Waals surface area contributed by atoms with Gasteiger partial charge in [0.2, 0.25) is 0 Å². The Labute approximate surface area is 95.1 Å². The van der Waals surface area contributed by atoms with E-state index in [0.29, 0.717) is 5.82 Å². The molecule has 0 fully saturated rings. The Hall–Kier alpha value is -2.51. The van der Waals surface area contributed by atoms with Crippen molar-refractivity contribution in [3.05, 3.63) is 40.3 Å². The Morgan fingerprint density at radius 2 is 2.24 bits per heavy atom. The van der Waals surface area contributed by atoms with Gasteiger partial charge in [-0.05, 0) is 6.07 Å². The lowest BCUT2D eigenvalue weighted by Gasteiger charge is -2.04. The zero-order chi connectivity index (χ0) is 12.4. The van der Waals surface area contributed by atoms with E-state index in [1.165, 1.54) is 11.0 Å². The predicted molar refractivity (Wildman–Crippen MR) is 55.6 cm³/mol. The van der Waals surface area contributed by atoms with Crippen LogP contribution in [-0.2, 0) is 13.6 Å². The topological polar surface area (TPSA) is 103 Å². The standard InChI is InChI=1S/C9H9N5O3/c1-13-7(10-5-11-13)4-14-8(15)3-2-6(12-14)9(16)17/h2-3,5H,4H2,1H3,(H,16,17). The van der Waals surface area contributed by atoms with Gasteiger partial charge in [0.15, 0.2) is 5.69 Å². The quantitative estimate of drug-likeness (QED) is 0.740. The maximum absolute atomic E-state index is 11.5. The first kappa shape index (κ1) is 11.0. The van der Waals surface area contributed by atoms with Crippen LogP contribution in [0.3, 0.4) is 0 Å². The normalized spacial score (nSPS) is 10.4. The van der Waals surface area contributed by atoms with Gasteiger partial charge in [0.25, 0.3) is 5.56 Å².